The molecule has 1 aromatic rings. The van der Waals surface area contributed by atoms with E-state index in [0.717, 1.165) is 6.07 Å². The SMILES string of the molecule is CC(=O)NCCNC(=O)Nc1c(F)cccc1C(=O)O. The molecule has 3 amide bonds. The van der Waals surface area contributed by atoms with Gasteiger partial charge in [-0.1, -0.05) is 6.07 Å². The molecule has 0 atom stereocenters. The number of halogens is 1. The third kappa shape index (κ3) is 4.56. The zero-order chi connectivity index (χ0) is 15.1. The minimum absolute atomic E-state index is 0.127. The van der Waals surface area contributed by atoms with Crippen molar-refractivity contribution in [1.29, 1.82) is 0 Å². The maximum Gasteiger partial charge on any atom is 0.337 e. The highest BCUT2D eigenvalue weighted by Gasteiger charge is 2.16. The van der Waals surface area contributed by atoms with E-state index >= 15 is 0 Å². The minimum Gasteiger partial charge on any atom is -0.478 e. The van der Waals surface area contributed by atoms with Crippen molar-refractivity contribution < 1.29 is 23.9 Å². The molecule has 0 spiro atoms. The Hall–Kier alpha value is -2.64. The number of para-hydroxylation sites is 1. The number of carbonyl (C=O) groups is 3. The number of nitrogens with one attached hydrogen (secondary N) is 3. The van der Waals surface area contributed by atoms with Gasteiger partial charge in [0, 0.05) is 20.0 Å². The Morgan fingerprint density at radius 1 is 1.20 bits per heavy atom. The Balaban J connectivity index is 2.62. The number of aromatic carboxylic acids is 1. The van der Waals surface area contributed by atoms with Crippen LogP contribution in [0.2, 0.25) is 0 Å². The summed E-state index contributed by atoms with van der Waals surface area (Å²) in [6.07, 6.45) is 0. The van der Waals surface area contributed by atoms with E-state index in [1.54, 1.807) is 0 Å². The first kappa shape index (κ1) is 15.4. The Morgan fingerprint density at radius 3 is 2.45 bits per heavy atom. The summed E-state index contributed by atoms with van der Waals surface area (Å²) in [7, 11) is 0. The molecule has 0 aliphatic rings. The fourth-order valence-electron chi connectivity index (χ4n) is 1.40. The van der Waals surface area contributed by atoms with E-state index in [2.05, 4.69) is 16.0 Å². The molecular weight excluding hydrogens is 269 g/mol. The summed E-state index contributed by atoms with van der Waals surface area (Å²) in [6, 6.07) is 2.69. The first-order chi connectivity index (χ1) is 9.41. The summed E-state index contributed by atoms with van der Waals surface area (Å²) in [6.45, 7) is 1.67. The topological polar surface area (TPSA) is 108 Å². The van der Waals surface area contributed by atoms with Crippen LogP contribution in [0.4, 0.5) is 14.9 Å². The lowest BCUT2D eigenvalue weighted by Gasteiger charge is -2.10. The molecule has 0 saturated carbocycles. The van der Waals surface area contributed by atoms with E-state index in [9.17, 15) is 18.8 Å². The van der Waals surface area contributed by atoms with Crippen LogP contribution in [-0.4, -0.2) is 36.1 Å². The van der Waals surface area contributed by atoms with E-state index in [-0.39, 0.29) is 24.6 Å². The molecule has 7 nitrogen and oxygen atoms in total. The highest BCUT2D eigenvalue weighted by molar-refractivity contribution is 6.00. The van der Waals surface area contributed by atoms with Gasteiger partial charge in [-0.05, 0) is 12.1 Å². The molecule has 0 bridgehead atoms. The highest BCUT2D eigenvalue weighted by atomic mass is 19.1. The smallest absolute Gasteiger partial charge is 0.337 e. The molecule has 1 aromatic carbocycles. The maximum absolute atomic E-state index is 13.5. The molecule has 0 aliphatic heterocycles. The van der Waals surface area contributed by atoms with Gasteiger partial charge in [-0.15, -0.1) is 0 Å². The zero-order valence-electron chi connectivity index (χ0n) is 10.7. The van der Waals surface area contributed by atoms with Crippen molar-refractivity contribution in [2.24, 2.45) is 0 Å². The third-order valence-electron chi connectivity index (χ3n) is 2.27. The van der Waals surface area contributed by atoms with Crippen LogP contribution in [0.25, 0.3) is 0 Å². The number of amides is 3. The fraction of sp³-hybridized carbons (Fsp3) is 0.250. The van der Waals surface area contributed by atoms with Crippen LogP contribution in [0.1, 0.15) is 17.3 Å². The lowest BCUT2D eigenvalue weighted by atomic mass is 10.1. The maximum atomic E-state index is 13.5. The quantitative estimate of drug-likeness (QED) is 0.599. The van der Waals surface area contributed by atoms with Gasteiger partial charge in [0.05, 0.1) is 11.3 Å². The molecule has 0 unspecified atom stereocenters. The molecule has 1 rings (SSSR count). The number of benzene rings is 1. The lowest BCUT2D eigenvalue weighted by molar-refractivity contribution is -0.118. The van der Waals surface area contributed by atoms with Crippen LogP contribution in [-0.2, 0) is 4.79 Å². The molecule has 108 valence electrons. The van der Waals surface area contributed by atoms with Crippen LogP contribution < -0.4 is 16.0 Å². The fourth-order valence-corrected chi connectivity index (χ4v) is 1.40. The van der Waals surface area contributed by atoms with Gasteiger partial charge in [0.1, 0.15) is 5.82 Å². The molecule has 20 heavy (non-hydrogen) atoms. The number of anilines is 1. The normalized spacial score (nSPS) is 9.70. The number of hydrogen-bond donors (Lipinski definition) is 4. The number of rotatable bonds is 5. The summed E-state index contributed by atoms with van der Waals surface area (Å²) in [5, 5.41) is 15.8. The summed E-state index contributed by atoms with van der Waals surface area (Å²) < 4.78 is 13.5. The number of urea groups is 1. The van der Waals surface area contributed by atoms with Crippen LogP contribution in [0, 0.1) is 5.82 Å². The van der Waals surface area contributed by atoms with Crippen molar-refractivity contribution in [2.45, 2.75) is 6.92 Å². The minimum atomic E-state index is -1.35. The van der Waals surface area contributed by atoms with Gasteiger partial charge in [-0.25, -0.2) is 14.0 Å². The van der Waals surface area contributed by atoms with Gasteiger partial charge in [0.15, 0.2) is 0 Å². The van der Waals surface area contributed by atoms with Crippen molar-refractivity contribution in [2.75, 3.05) is 18.4 Å². The molecule has 0 fully saturated rings. The third-order valence-corrected chi connectivity index (χ3v) is 2.27. The summed E-state index contributed by atoms with van der Waals surface area (Å²) in [4.78, 5) is 33.0. The van der Waals surface area contributed by atoms with Crippen molar-refractivity contribution in [1.82, 2.24) is 10.6 Å². The highest BCUT2D eigenvalue weighted by Crippen LogP contribution is 2.19. The largest absolute Gasteiger partial charge is 0.478 e. The predicted molar refractivity (Wildman–Crippen MR) is 69.1 cm³/mol. The number of hydrogen-bond acceptors (Lipinski definition) is 3. The van der Waals surface area contributed by atoms with Crippen LogP contribution in [0.3, 0.4) is 0 Å². The second kappa shape index (κ2) is 7.07. The van der Waals surface area contributed by atoms with Crippen molar-refractivity contribution in [3.8, 4) is 0 Å². The monoisotopic (exact) mass is 283 g/mol. The van der Waals surface area contributed by atoms with Crippen molar-refractivity contribution in [3.05, 3.63) is 29.6 Å². The van der Waals surface area contributed by atoms with Crippen LogP contribution >= 0.6 is 0 Å². The molecule has 0 radical (unpaired) electrons. The van der Waals surface area contributed by atoms with E-state index < -0.39 is 23.5 Å². The van der Waals surface area contributed by atoms with Gasteiger partial charge < -0.3 is 21.1 Å². The molecule has 0 saturated heterocycles. The predicted octanol–water partition coefficient (Wildman–Crippen LogP) is 0.781. The van der Waals surface area contributed by atoms with Gasteiger partial charge in [-0.2, -0.15) is 0 Å². The van der Waals surface area contributed by atoms with Gasteiger partial charge in [0.2, 0.25) is 5.91 Å². The average molecular weight is 283 g/mol. The molecular formula is C12H14FN3O4. The lowest BCUT2D eigenvalue weighted by Crippen LogP contribution is -2.36. The zero-order valence-corrected chi connectivity index (χ0v) is 10.7. The second-order valence-electron chi connectivity index (χ2n) is 3.83. The van der Waals surface area contributed by atoms with E-state index in [0.29, 0.717) is 0 Å². The van der Waals surface area contributed by atoms with Crippen LogP contribution in [0.15, 0.2) is 18.2 Å². The first-order valence-corrected chi connectivity index (χ1v) is 5.73. The summed E-state index contributed by atoms with van der Waals surface area (Å²) >= 11 is 0. The van der Waals surface area contributed by atoms with Crippen LogP contribution in [0.5, 0.6) is 0 Å². The van der Waals surface area contributed by atoms with Crippen molar-refractivity contribution in [3.63, 3.8) is 0 Å². The molecule has 8 heteroatoms. The summed E-state index contributed by atoms with van der Waals surface area (Å²) in [5.41, 5.74) is -0.751. The van der Waals surface area contributed by atoms with E-state index in [4.69, 9.17) is 5.11 Å². The molecule has 0 aliphatic carbocycles. The standard InChI is InChI=1S/C12H14FN3O4/c1-7(17)14-5-6-15-12(20)16-10-8(11(18)19)3-2-4-9(10)13/h2-4H,5-6H2,1H3,(H,14,17)(H,18,19)(H2,15,16,20). The molecule has 0 heterocycles. The second-order valence-corrected chi connectivity index (χ2v) is 3.83. The van der Waals surface area contributed by atoms with Gasteiger partial charge in [-0.3, -0.25) is 4.79 Å². The Labute approximate surface area is 114 Å². The van der Waals surface area contributed by atoms with Crippen molar-refractivity contribution >= 4 is 23.6 Å². The van der Waals surface area contributed by atoms with Gasteiger partial charge in [0.25, 0.3) is 0 Å². The molecule has 4 N–H and O–H groups in total. The Bertz CT molecular complexity index is 533. The summed E-state index contributed by atoms with van der Waals surface area (Å²) in [5.74, 6) is -2.44. The Kier molecular flexibility index (Phi) is 5.45. The molecule has 0 aromatic heterocycles. The van der Waals surface area contributed by atoms with Gasteiger partial charge >= 0.3 is 12.0 Å². The number of carboxylic acid groups (broad SMARTS) is 1. The first-order valence-electron chi connectivity index (χ1n) is 5.73. The number of carbonyl (C=O) groups excluding carboxylic acids is 2. The number of carboxylic acids is 1. The average Bonchev–Trinajstić information content (AvgIpc) is 2.36. The Morgan fingerprint density at radius 2 is 1.85 bits per heavy atom. The van der Waals surface area contributed by atoms with E-state index in [1.165, 1.54) is 19.1 Å². The van der Waals surface area contributed by atoms with E-state index in [1.807, 2.05) is 0 Å².